The van der Waals surface area contributed by atoms with Crippen molar-refractivity contribution in [3.05, 3.63) is 58.4 Å². The fourth-order valence-electron chi connectivity index (χ4n) is 5.21. The van der Waals surface area contributed by atoms with Gasteiger partial charge in [0.25, 0.3) is 5.91 Å². The Kier molecular flexibility index (Phi) is 7.49. The van der Waals surface area contributed by atoms with Crippen LogP contribution in [0.25, 0.3) is 0 Å². The summed E-state index contributed by atoms with van der Waals surface area (Å²) < 4.78 is 78.4. The van der Waals surface area contributed by atoms with E-state index in [1.54, 1.807) is 0 Å². The Bertz CT molecular complexity index is 1330. The maximum atomic E-state index is 13.9. The molecule has 0 bridgehead atoms. The first-order valence-corrected chi connectivity index (χ1v) is 13.6. The van der Waals surface area contributed by atoms with Gasteiger partial charge in [0.2, 0.25) is 0 Å². The van der Waals surface area contributed by atoms with E-state index in [1.807, 2.05) is 13.8 Å². The summed E-state index contributed by atoms with van der Waals surface area (Å²) in [6, 6.07) is 4.85. The van der Waals surface area contributed by atoms with Crippen LogP contribution in [0.5, 0.6) is 0 Å². The maximum absolute atomic E-state index is 13.9. The van der Waals surface area contributed by atoms with Crippen LogP contribution in [-0.2, 0) is 19.3 Å². The minimum Gasteiger partial charge on any atom is -0.430 e. The Hall–Kier alpha value is -2.79. The van der Waals surface area contributed by atoms with E-state index < -0.39 is 50.2 Å². The van der Waals surface area contributed by atoms with E-state index in [0.717, 1.165) is 6.07 Å². The number of carbonyl (C=O) groups is 2. The van der Waals surface area contributed by atoms with E-state index in [4.69, 9.17) is 21.1 Å². The third-order valence-electron chi connectivity index (χ3n) is 7.15. The van der Waals surface area contributed by atoms with Crippen LogP contribution in [0.1, 0.15) is 49.9 Å². The molecule has 1 aliphatic carbocycles. The molecule has 2 fully saturated rings. The largest absolute Gasteiger partial charge is 0.509 e. The highest BCUT2D eigenvalue weighted by Crippen LogP contribution is 2.45. The van der Waals surface area contributed by atoms with Crippen molar-refractivity contribution in [2.45, 2.75) is 55.3 Å². The third kappa shape index (κ3) is 5.29. The van der Waals surface area contributed by atoms with Crippen LogP contribution in [-0.4, -0.2) is 37.9 Å². The highest BCUT2D eigenvalue weighted by atomic mass is 35.5. The molecule has 1 heterocycles. The molecule has 2 aromatic carbocycles. The zero-order valence-electron chi connectivity index (χ0n) is 20.0. The van der Waals surface area contributed by atoms with Gasteiger partial charge >= 0.3 is 6.16 Å². The topological polar surface area (TPSA) is 98.8 Å². The molecule has 12 heteroatoms. The monoisotopic (exact) mass is 559 g/mol. The van der Waals surface area contributed by atoms with Crippen molar-refractivity contribution in [3.8, 4) is 0 Å². The summed E-state index contributed by atoms with van der Waals surface area (Å²) in [6.45, 7) is 3.70. The fraction of sp³-hybridized carbons (Fsp3) is 0.440. The maximum Gasteiger partial charge on any atom is 0.509 e. The molecular formula is C25H25ClF3NO6S. The Morgan fingerprint density at radius 1 is 1.16 bits per heavy atom. The molecule has 7 nitrogen and oxygen atoms in total. The molecule has 1 N–H and O–H groups in total. The summed E-state index contributed by atoms with van der Waals surface area (Å²) in [5.41, 5.74) is -1.38. The third-order valence-corrected chi connectivity index (χ3v) is 10.1. The molecule has 200 valence electrons. The van der Waals surface area contributed by atoms with Crippen LogP contribution in [0.2, 0.25) is 5.02 Å². The van der Waals surface area contributed by atoms with Gasteiger partial charge < -0.3 is 14.8 Å². The Labute approximate surface area is 217 Å². The van der Waals surface area contributed by atoms with Crippen molar-refractivity contribution in [2.24, 2.45) is 11.8 Å². The molecule has 4 rings (SSSR count). The van der Waals surface area contributed by atoms with Gasteiger partial charge in [-0.1, -0.05) is 25.4 Å². The van der Waals surface area contributed by atoms with Gasteiger partial charge in [0.1, 0.15) is 12.2 Å². The summed E-state index contributed by atoms with van der Waals surface area (Å²) in [5.74, 6) is -6.11. The molecule has 2 aliphatic rings. The molecule has 2 aromatic rings. The Morgan fingerprint density at radius 2 is 1.84 bits per heavy atom. The summed E-state index contributed by atoms with van der Waals surface area (Å²) in [5, 5.41) is 1.29. The summed E-state index contributed by atoms with van der Waals surface area (Å²) >= 11 is 6.28. The van der Waals surface area contributed by atoms with Gasteiger partial charge in [0, 0.05) is 23.4 Å². The number of hydrogen-bond donors (Lipinski definition) is 1. The van der Waals surface area contributed by atoms with Crippen molar-refractivity contribution in [1.29, 1.82) is 0 Å². The van der Waals surface area contributed by atoms with Crippen molar-refractivity contribution in [1.82, 2.24) is 0 Å². The van der Waals surface area contributed by atoms with Gasteiger partial charge in [-0.2, -0.15) is 0 Å². The molecule has 1 amide bonds. The lowest BCUT2D eigenvalue weighted by atomic mass is 9.87. The minimum absolute atomic E-state index is 0.0426. The summed E-state index contributed by atoms with van der Waals surface area (Å²) in [6.07, 6.45) is 1.18. The van der Waals surface area contributed by atoms with Gasteiger partial charge in [0.15, 0.2) is 27.3 Å². The van der Waals surface area contributed by atoms with Crippen molar-refractivity contribution >= 4 is 39.2 Å². The van der Waals surface area contributed by atoms with Crippen LogP contribution < -0.4 is 5.32 Å². The van der Waals surface area contributed by atoms with Crippen LogP contribution in [0.3, 0.4) is 0 Å². The predicted molar refractivity (Wildman–Crippen MR) is 129 cm³/mol. The number of sulfone groups is 1. The second-order valence-electron chi connectivity index (χ2n) is 9.56. The number of nitrogens with one attached hydrogen (secondary N) is 1. The normalized spacial score (nSPS) is 25.6. The van der Waals surface area contributed by atoms with Gasteiger partial charge in [0.05, 0.1) is 15.2 Å². The van der Waals surface area contributed by atoms with Crippen molar-refractivity contribution in [3.63, 3.8) is 0 Å². The SMILES string of the molecule is CC[C@]1(C[C@@H]2CCC(C)C2S(=O)(=O)c2cc(C(=O)Nc3cc(F)c(F)c(F)c3)ccc2Cl)COC(=O)O1. The van der Waals surface area contributed by atoms with E-state index in [0.29, 0.717) is 37.8 Å². The Balaban J connectivity index is 1.62. The van der Waals surface area contributed by atoms with E-state index >= 15 is 0 Å². The zero-order valence-corrected chi connectivity index (χ0v) is 21.6. The zero-order chi connectivity index (χ0) is 27.1. The highest BCUT2D eigenvalue weighted by Gasteiger charge is 2.50. The first-order valence-electron chi connectivity index (χ1n) is 11.7. The van der Waals surface area contributed by atoms with E-state index in [9.17, 15) is 31.2 Å². The number of ether oxygens (including phenoxy) is 2. The smallest absolute Gasteiger partial charge is 0.430 e. The standard InChI is InChI=1S/C25H25ClF3NO6S/c1-3-25(12-35-24(32)36-25)11-15-5-4-13(2)22(15)37(33,34)20-8-14(6-7-17(20)26)23(31)30-16-9-18(27)21(29)19(28)10-16/h6-10,13,15,22H,3-5,11-12H2,1-2H3,(H,30,31)/t13?,15-,22?,25-/m0/s1. The molecule has 2 unspecified atom stereocenters. The van der Waals surface area contributed by atoms with Crippen molar-refractivity contribution < 1.29 is 40.7 Å². The lowest BCUT2D eigenvalue weighted by Gasteiger charge is -2.30. The second kappa shape index (κ2) is 10.2. The van der Waals surface area contributed by atoms with Crippen LogP contribution in [0.15, 0.2) is 35.2 Å². The van der Waals surface area contributed by atoms with E-state index in [-0.39, 0.29) is 39.6 Å². The number of amides is 1. The number of hydrogen-bond acceptors (Lipinski definition) is 6. The van der Waals surface area contributed by atoms with Crippen LogP contribution >= 0.6 is 11.6 Å². The average molecular weight is 560 g/mol. The summed E-state index contributed by atoms with van der Waals surface area (Å²) in [4.78, 5) is 24.1. The van der Waals surface area contributed by atoms with Crippen LogP contribution in [0, 0.1) is 29.3 Å². The van der Waals surface area contributed by atoms with Gasteiger partial charge in [-0.25, -0.2) is 26.4 Å². The molecule has 0 spiro atoms. The molecule has 0 aromatic heterocycles. The molecule has 1 saturated heterocycles. The minimum atomic E-state index is -4.07. The fourth-order valence-corrected chi connectivity index (χ4v) is 8.06. The van der Waals surface area contributed by atoms with E-state index in [2.05, 4.69) is 5.32 Å². The number of anilines is 1. The number of halogens is 4. The molecule has 0 radical (unpaired) electrons. The van der Waals surface area contributed by atoms with Gasteiger partial charge in [-0.15, -0.1) is 0 Å². The summed E-state index contributed by atoms with van der Waals surface area (Å²) in [7, 11) is -4.07. The lowest BCUT2D eigenvalue weighted by molar-refractivity contribution is 0.0330. The first kappa shape index (κ1) is 27.3. The van der Waals surface area contributed by atoms with Gasteiger partial charge in [-0.05, 0) is 55.7 Å². The Morgan fingerprint density at radius 3 is 2.43 bits per heavy atom. The van der Waals surface area contributed by atoms with Crippen molar-refractivity contribution in [2.75, 3.05) is 11.9 Å². The van der Waals surface area contributed by atoms with Crippen LogP contribution in [0.4, 0.5) is 23.7 Å². The second-order valence-corrected chi connectivity index (χ2v) is 12.0. The number of cyclic esters (lactones) is 2. The average Bonchev–Trinajstić information content (AvgIpc) is 3.40. The van der Waals surface area contributed by atoms with Gasteiger partial charge in [-0.3, -0.25) is 4.79 Å². The quantitative estimate of drug-likeness (QED) is 0.335. The molecular weight excluding hydrogens is 535 g/mol. The molecule has 4 atom stereocenters. The molecule has 1 saturated carbocycles. The number of rotatable bonds is 7. The number of benzene rings is 2. The molecule has 37 heavy (non-hydrogen) atoms. The number of carbonyl (C=O) groups excluding carboxylic acids is 2. The predicted octanol–water partition coefficient (Wildman–Crippen LogP) is 5.90. The highest BCUT2D eigenvalue weighted by molar-refractivity contribution is 7.92. The molecule has 1 aliphatic heterocycles. The lowest BCUT2D eigenvalue weighted by Crippen LogP contribution is -2.39. The first-order chi connectivity index (χ1) is 17.4. The van der Waals surface area contributed by atoms with E-state index in [1.165, 1.54) is 12.1 Å².